The maximum absolute atomic E-state index is 11.5. The molecule has 0 aromatic carbocycles. The zero-order valence-corrected chi connectivity index (χ0v) is 9.24. The zero-order valence-electron chi connectivity index (χ0n) is 9.24. The molecule has 4 nitrogen and oxygen atoms in total. The Morgan fingerprint density at radius 2 is 2.13 bits per heavy atom. The van der Waals surface area contributed by atoms with Crippen molar-refractivity contribution in [2.45, 2.75) is 32.8 Å². The fraction of sp³-hybridized carbons (Fsp3) is 0.600. The first-order valence-electron chi connectivity index (χ1n) is 4.80. The third-order valence-corrected chi connectivity index (χ3v) is 1.81. The molecule has 0 N–H and O–H groups in total. The van der Waals surface area contributed by atoms with E-state index in [9.17, 15) is 9.59 Å². The normalized spacial score (nSPS) is 17.4. The maximum atomic E-state index is 11.5. The molecule has 0 spiro atoms. The Morgan fingerprint density at radius 3 is 2.60 bits per heavy atom. The Hall–Kier alpha value is -1.26. The predicted octanol–water partition coefficient (Wildman–Crippen LogP) is 1.21. The Kier molecular flexibility index (Phi) is 3.22. The third-order valence-electron chi connectivity index (χ3n) is 1.81. The summed E-state index contributed by atoms with van der Waals surface area (Å²) in [5, 5.41) is 0. The summed E-state index contributed by atoms with van der Waals surface area (Å²) in [6, 6.07) is 0. The number of rotatable bonds is 0. The van der Waals surface area contributed by atoms with Gasteiger partial charge in [0, 0.05) is 6.54 Å². The highest BCUT2D eigenvalue weighted by molar-refractivity contribution is 6.24. The average Bonchev–Trinajstić information content (AvgIpc) is 1.99. The average molecular weight is 207 g/mol. The quantitative estimate of drug-likeness (QED) is 0.560. The fourth-order valence-electron chi connectivity index (χ4n) is 1.16. The minimum atomic E-state index is -0.615. The molecule has 0 aromatic rings. The van der Waals surface area contributed by atoms with E-state index in [1.807, 2.05) is 0 Å². The molecule has 2 amide bonds. The van der Waals surface area contributed by atoms with Gasteiger partial charge < -0.3 is 4.74 Å². The Balaban J connectivity index is 2.66. The number of hydrogen-bond donors (Lipinski definition) is 0. The number of amides is 2. The van der Waals surface area contributed by atoms with E-state index >= 15 is 0 Å². The topological polar surface area (TPSA) is 46.6 Å². The molecule has 0 fully saturated rings. The van der Waals surface area contributed by atoms with E-state index in [-0.39, 0.29) is 6.54 Å². The number of imide groups is 1. The lowest BCUT2D eigenvalue weighted by Crippen LogP contribution is -2.42. The lowest BCUT2D eigenvalue weighted by atomic mass is 9.90. The maximum Gasteiger partial charge on any atom is 0.417 e. The van der Waals surface area contributed by atoms with Gasteiger partial charge in [0.05, 0.1) is 0 Å². The van der Waals surface area contributed by atoms with Crippen LogP contribution in [0.4, 0.5) is 4.79 Å². The Bertz CT molecular complexity index is 317. The fourth-order valence-corrected chi connectivity index (χ4v) is 1.16. The summed E-state index contributed by atoms with van der Waals surface area (Å²) in [6.45, 7) is 5.55. The largest absolute Gasteiger partial charge is 0.443 e. The molecule has 0 saturated heterocycles. The second kappa shape index (κ2) is 4.09. The molecular weight excluding hydrogens is 193 g/mol. The van der Waals surface area contributed by atoms with Gasteiger partial charge in [-0.2, -0.15) is 0 Å². The second-order valence-corrected chi connectivity index (χ2v) is 4.44. The molecular formula is C10H14BNO3. The van der Waals surface area contributed by atoms with Crippen molar-refractivity contribution in [2.75, 3.05) is 6.54 Å². The van der Waals surface area contributed by atoms with Gasteiger partial charge in [-0.15, -0.1) is 5.47 Å². The first-order valence-corrected chi connectivity index (χ1v) is 4.80. The number of nitrogens with zero attached hydrogens (tertiary/aromatic N) is 1. The van der Waals surface area contributed by atoms with Gasteiger partial charge in [0.25, 0.3) is 5.91 Å². The highest BCUT2D eigenvalue weighted by atomic mass is 16.6. The molecule has 1 rings (SSSR count). The first-order chi connectivity index (χ1) is 6.79. The van der Waals surface area contributed by atoms with E-state index in [0.717, 1.165) is 4.90 Å². The molecule has 0 aliphatic carbocycles. The summed E-state index contributed by atoms with van der Waals surface area (Å²) >= 11 is 0. The predicted molar refractivity (Wildman–Crippen MR) is 56.4 cm³/mol. The van der Waals surface area contributed by atoms with E-state index in [1.165, 1.54) is 6.08 Å². The summed E-state index contributed by atoms with van der Waals surface area (Å²) in [7, 11) is 5.48. The molecule has 0 aromatic heterocycles. The van der Waals surface area contributed by atoms with Crippen molar-refractivity contribution in [3.63, 3.8) is 0 Å². The van der Waals surface area contributed by atoms with Crippen molar-refractivity contribution < 1.29 is 14.3 Å². The highest BCUT2D eigenvalue weighted by Gasteiger charge is 2.27. The second-order valence-electron chi connectivity index (χ2n) is 4.44. The van der Waals surface area contributed by atoms with Gasteiger partial charge in [-0.05, 0) is 33.3 Å². The van der Waals surface area contributed by atoms with Crippen molar-refractivity contribution in [1.29, 1.82) is 0 Å². The summed E-state index contributed by atoms with van der Waals surface area (Å²) in [5.41, 5.74) is -0.0934. The minimum absolute atomic E-state index is 0.288. The smallest absolute Gasteiger partial charge is 0.417 e. The van der Waals surface area contributed by atoms with Gasteiger partial charge in [0.15, 0.2) is 0 Å². The van der Waals surface area contributed by atoms with Gasteiger partial charge in [-0.3, -0.25) is 4.79 Å². The van der Waals surface area contributed by atoms with Crippen molar-refractivity contribution >= 4 is 19.8 Å². The number of hydrogen-bond acceptors (Lipinski definition) is 3. The number of carbonyl (C=O) groups excluding carboxylic acids is 2. The summed E-state index contributed by atoms with van der Waals surface area (Å²) in [4.78, 5) is 24.0. The molecule has 0 atom stereocenters. The lowest BCUT2D eigenvalue weighted by molar-refractivity contribution is -0.125. The Morgan fingerprint density at radius 1 is 1.53 bits per heavy atom. The van der Waals surface area contributed by atoms with Crippen LogP contribution in [0.2, 0.25) is 0 Å². The zero-order chi connectivity index (χ0) is 11.6. The third kappa shape index (κ3) is 3.42. The number of carbonyl (C=O) groups is 2. The molecule has 5 heteroatoms. The molecule has 1 aliphatic rings. The van der Waals surface area contributed by atoms with E-state index < -0.39 is 17.6 Å². The molecule has 15 heavy (non-hydrogen) atoms. The molecule has 0 unspecified atom stereocenters. The molecule has 0 bridgehead atoms. The van der Waals surface area contributed by atoms with Gasteiger partial charge in [0.2, 0.25) is 0 Å². The monoisotopic (exact) mass is 207 g/mol. The standard InChI is InChI=1S/C10H14BNO3/c1-10(2,3)15-9(14)12-5-4-7(11)6-8(12)13/h6H,4-5H2,1-3H3. The first kappa shape index (κ1) is 11.8. The van der Waals surface area contributed by atoms with E-state index in [2.05, 4.69) is 0 Å². The lowest BCUT2D eigenvalue weighted by Gasteiger charge is -2.27. The van der Waals surface area contributed by atoms with Crippen molar-refractivity contribution in [3.05, 3.63) is 11.5 Å². The van der Waals surface area contributed by atoms with E-state index in [0.29, 0.717) is 11.9 Å². The summed E-state index contributed by atoms with van der Waals surface area (Å²) in [5.74, 6) is -0.409. The van der Waals surface area contributed by atoms with Crippen LogP contribution in [0.15, 0.2) is 11.5 Å². The van der Waals surface area contributed by atoms with Gasteiger partial charge in [-0.1, -0.05) is 0 Å². The minimum Gasteiger partial charge on any atom is -0.443 e. The molecule has 0 saturated carbocycles. The summed E-state index contributed by atoms with van der Waals surface area (Å²) in [6.07, 6.45) is 1.15. The van der Waals surface area contributed by atoms with Crippen LogP contribution in [0, 0.1) is 0 Å². The van der Waals surface area contributed by atoms with Gasteiger partial charge in [0.1, 0.15) is 13.4 Å². The molecule has 2 radical (unpaired) electrons. The summed E-state index contributed by atoms with van der Waals surface area (Å²) < 4.78 is 5.08. The van der Waals surface area contributed by atoms with E-state index in [4.69, 9.17) is 12.6 Å². The van der Waals surface area contributed by atoms with Crippen molar-refractivity contribution in [1.82, 2.24) is 4.90 Å². The van der Waals surface area contributed by atoms with Crippen LogP contribution >= 0.6 is 0 Å². The highest BCUT2D eigenvalue weighted by Crippen LogP contribution is 2.14. The van der Waals surface area contributed by atoms with Crippen LogP contribution in [-0.2, 0) is 9.53 Å². The molecule has 1 heterocycles. The van der Waals surface area contributed by atoms with Crippen LogP contribution in [0.25, 0.3) is 0 Å². The van der Waals surface area contributed by atoms with Crippen LogP contribution < -0.4 is 0 Å². The van der Waals surface area contributed by atoms with Crippen LogP contribution in [0.1, 0.15) is 27.2 Å². The van der Waals surface area contributed by atoms with Crippen molar-refractivity contribution in [3.8, 4) is 0 Å². The SMILES string of the molecule is [B]C1=CC(=O)N(C(=O)OC(C)(C)C)CC1. The van der Waals surface area contributed by atoms with Crippen LogP contribution in [-0.4, -0.2) is 36.9 Å². The van der Waals surface area contributed by atoms with Crippen LogP contribution in [0.3, 0.4) is 0 Å². The Labute approximate surface area is 90.7 Å². The molecule has 1 aliphatic heterocycles. The van der Waals surface area contributed by atoms with Gasteiger partial charge in [-0.25, -0.2) is 9.69 Å². The van der Waals surface area contributed by atoms with Crippen molar-refractivity contribution in [2.24, 2.45) is 0 Å². The van der Waals surface area contributed by atoms with Crippen LogP contribution in [0.5, 0.6) is 0 Å². The van der Waals surface area contributed by atoms with E-state index in [1.54, 1.807) is 20.8 Å². The van der Waals surface area contributed by atoms with Gasteiger partial charge >= 0.3 is 6.09 Å². The molecule has 80 valence electrons. The number of ether oxygens (including phenoxy) is 1.